The van der Waals surface area contributed by atoms with Crippen LogP contribution in [0.1, 0.15) is 17.4 Å². The molecule has 1 heterocycles. The number of nitrogens with one attached hydrogen (secondary N) is 1. The smallest absolute Gasteiger partial charge is 0.360 e. The van der Waals surface area contributed by atoms with Crippen molar-refractivity contribution < 1.29 is 9.53 Å². The van der Waals surface area contributed by atoms with Crippen LogP contribution >= 0.6 is 11.8 Å². The number of ether oxygens (including phenoxy) is 1. The zero-order chi connectivity index (χ0) is 12.7. The number of hydrazone groups is 1. The normalized spacial score (nSPS) is 11.3. The second-order valence-electron chi connectivity index (χ2n) is 2.81. The summed E-state index contributed by atoms with van der Waals surface area (Å²) in [6, 6.07) is 0. The number of esters is 1. The van der Waals surface area contributed by atoms with Gasteiger partial charge in [0.1, 0.15) is 0 Å². The summed E-state index contributed by atoms with van der Waals surface area (Å²) in [5.74, 6) is -0.0655. The van der Waals surface area contributed by atoms with E-state index >= 15 is 0 Å². The van der Waals surface area contributed by atoms with Gasteiger partial charge in [-0.05, 0) is 6.92 Å². The summed E-state index contributed by atoms with van der Waals surface area (Å²) in [5.41, 5.74) is 8.29. The second-order valence-corrected chi connectivity index (χ2v) is 3.78. The van der Waals surface area contributed by atoms with Gasteiger partial charge in [0.15, 0.2) is 10.9 Å². The van der Waals surface area contributed by atoms with E-state index < -0.39 is 5.97 Å². The van der Waals surface area contributed by atoms with Crippen molar-refractivity contribution in [3.8, 4) is 0 Å². The van der Waals surface area contributed by atoms with Gasteiger partial charge in [-0.1, -0.05) is 17.0 Å². The monoisotopic (exact) mass is 258 g/mol. The summed E-state index contributed by atoms with van der Waals surface area (Å²) in [6.07, 6.45) is 1.50. The number of hydrogen-bond acceptors (Lipinski definition) is 7. The largest absolute Gasteiger partial charge is 0.461 e. The number of rotatable bonds is 5. The molecule has 0 aliphatic carbocycles. The van der Waals surface area contributed by atoms with Crippen molar-refractivity contribution >= 4 is 22.9 Å². The molecule has 0 saturated carbocycles. The third kappa shape index (κ3) is 4.31. The number of thioether (sulfide) groups is 1. The van der Waals surface area contributed by atoms with Crippen LogP contribution < -0.4 is 11.2 Å². The van der Waals surface area contributed by atoms with E-state index in [4.69, 9.17) is 10.5 Å². The Labute approximate surface area is 103 Å². The molecule has 0 aliphatic rings. The molecule has 8 nitrogen and oxygen atoms in total. The highest BCUT2D eigenvalue weighted by molar-refractivity contribution is 8.12. The van der Waals surface area contributed by atoms with Crippen LogP contribution in [0.5, 0.6) is 0 Å². The average molecular weight is 258 g/mol. The van der Waals surface area contributed by atoms with Crippen LogP contribution in [-0.4, -0.2) is 39.8 Å². The highest BCUT2D eigenvalue weighted by Crippen LogP contribution is 2.04. The lowest BCUT2D eigenvalue weighted by Crippen LogP contribution is -2.13. The van der Waals surface area contributed by atoms with E-state index in [1.165, 1.54) is 22.6 Å². The first kappa shape index (κ1) is 13.3. The Morgan fingerprint density at radius 2 is 2.53 bits per heavy atom. The number of hydrogen-bond donors (Lipinski definition) is 2. The Morgan fingerprint density at radius 1 is 1.76 bits per heavy atom. The third-order valence-corrected chi connectivity index (χ3v) is 2.37. The molecular weight excluding hydrogens is 244 g/mol. The minimum Gasteiger partial charge on any atom is -0.461 e. The molecule has 1 aromatic heterocycles. The van der Waals surface area contributed by atoms with Crippen LogP contribution in [0.2, 0.25) is 0 Å². The van der Waals surface area contributed by atoms with E-state index in [1.807, 2.05) is 0 Å². The molecule has 0 bridgehead atoms. The van der Waals surface area contributed by atoms with Crippen LogP contribution in [0.25, 0.3) is 0 Å². The predicted octanol–water partition coefficient (Wildman–Crippen LogP) is -0.405. The van der Waals surface area contributed by atoms with Gasteiger partial charge in [-0.2, -0.15) is 5.10 Å². The molecule has 0 amide bonds. The second kappa shape index (κ2) is 6.74. The molecule has 94 valence electrons. The fraction of sp³-hybridized carbons (Fsp3) is 0.500. The summed E-state index contributed by atoms with van der Waals surface area (Å²) in [7, 11) is 1.65. The minimum atomic E-state index is -0.486. The van der Waals surface area contributed by atoms with Gasteiger partial charge in [-0.3, -0.25) is 0 Å². The van der Waals surface area contributed by atoms with Crippen LogP contribution in [0.3, 0.4) is 0 Å². The van der Waals surface area contributed by atoms with Gasteiger partial charge in [0.25, 0.3) is 0 Å². The first-order valence-electron chi connectivity index (χ1n) is 4.87. The van der Waals surface area contributed by atoms with Crippen molar-refractivity contribution in [1.29, 1.82) is 0 Å². The zero-order valence-corrected chi connectivity index (χ0v) is 10.4. The molecule has 0 aromatic carbocycles. The van der Waals surface area contributed by atoms with E-state index in [9.17, 15) is 4.79 Å². The molecule has 0 fully saturated rings. The average Bonchev–Trinajstić information content (AvgIpc) is 2.76. The van der Waals surface area contributed by atoms with Crippen molar-refractivity contribution in [1.82, 2.24) is 20.4 Å². The molecule has 0 unspecified atom stereocenters. The lowest BCUT2D eigenvalue weighted by molar-refractivity contribution is 0.0519. The highest BCUT2D eigenvalue weighted by Gasteiger charge is 2.11. The lowest BCUT2D eigenvalue weighted by Gasteiger charge is -1.99. The van der Waals surface area contributed by atoms with Crippen molar-refractivity contribution in [3.05, 3.63) is 11.9 Å². The van der Waals surface area contributed by atoms with Gasteiger partial charge in [-0.25, -0.2) is 9.48 Å². The van der Waals surface area contributed by atoms with Crippen LogP contribution in [0.15, 0.2) is 11.3 Å². The SMILES string of the molecule is CCOC(=O)c1cn(CS/C(N)=N\NC)nn1. The topological polar surface area (TPSA) is 107 Å². The molecule has 3 N–H and O–H groups in total. The van der Waals surface area contributed by atoms with E-state index in [-0.39, 0.29) is 5.69 Å². The number of amidine groups is 1. The Bertz CT molecular complexity index is 404. The Balaban J connectivity index is 2.51. The number of nitrogens with zero attached hydrogens (tertiary/aromatic N) is 4. The van der Waals surface area contributed by atoms with E-state index in [1.54, 1.807) is 14.0 Å². The molecule has 0 aliphatic heterocycles. The first-order chi connectivity index (χ1) is 8.17. The number of aromatic nitrogens is 3. The number of carbonyl (C=O) groups is 1. The predicted molar refractivity (Wildman–Crippen MR) is 64.3 cm³/mol. The molecule has 0 saturated heterocycles. The van der Waals surface area contributed by atoms with Gasteiger partial charge in [-0.15, -0.1) is 5.10 Å². The Kier molecular flexibility index (Phi) is 5.27. The summed E-state index contributed by atoms with van der Waals surface area (Å²) in [5, 5.41) is 11.6. The summed E-state index contributed by atoms with van der Waals surface area (Å²) >= 11 is 1.27. The van der Waals surface area contributed by atoms with Gasteiger partial charge >= 0.3 is 5.97 Å². The van der Waals surface area contributed by atoms with E-state index in [0.717, 1.165) is 0 Å². The maximum Gasteiger partial charge on any atom is 0.360 e. The van der Waals surface area contributed by atoms with Crippen molar-refractivity contribution in [2.45, 2.75) is 12.8 Å². The summed E-state index contributed by atoms with van der Waals surface area (Å²) in [6.45, 7) is 2.04. The molecule has 0 spiro atoms. The van der Waals surface area contributed by atoms with Crippen molar-refractivity contribution in [2.75, 3.05) is 13.7 Å². The molecule has 0 radical (unpaired) electrons. The maximum absolute atomic E-state index is 11.3. The fourth-order valence-corrected chi connectivity index (χ4v) is 1.48. The first-order valence-corrected chi connectivity index (χ1v) is 5.86. The van der Waals surface area contributed by atoms with Crippen molar-refractivity contribution in [2.24, 2.45) is 10.8 Å². The summed E-state index contributed by atoms with van der Waals surface area (Å²) in [4.78, 5) is 11.3. The molecule has 0 atom stereocenters. The van der Waals surface area contributed by atoms with Gasteiger partial charge < -0.3 is 15.9 Å². The third-order valence-electron chi connectivity index (χ3n) is 1.59. The van der Waals surface area contributed by atoms with Gasteiger partial charge in [0.05, 0.1) is 18.7 Å². The van der Waals surface area contributed by atoms with Crippen LogP contribution in [0, 0.1) is 0 Å². The van der Waals surface area contributed by atoms with Crippen molar-refractivity contribution in [3.63, 3.8) is 0 Å². The quantitative estimate of drug-likeness (QED) is 0.320. The number of carbonyl (C=O) groups excluding carboxylic acids is 1. The zero-order valence-electron chi connectivity index (χ0n) is 9.58. The van der Waals surface area contributed by atoms with E-state index in [2.05, 4.69) is 20.8 Å². The summed E-state index contributed by atoms with van der Waals surface area (Å²) < 4.78 is 6.27. The van der Waals surface area contributed by atoms with E-state index in [0.29, 0.717) is 17.7 Å². The van der Waals surface area contributed by atoms with Crippen LogP contribution in [-0.2, 0) is 10.6 Å². The molecule has 1 rings (SSSR count). The number of nitrogens with two attached hydrogens (primary N) is 1. The fourth-order valence-electron chi connectivity index (χ4n) is 0.935. The van der Waals surface area contributed by atoms with Gasteiger partial charge in [0.2, 0.25) is 0 Å². The maximum atomic E-state index is 11.3. The van der Waals surface area contributed by atoms with Gasteiger partial charge in [0, 0.05) is 7.05 Å². The highest BCUT2D eigenvalue weighted by atomic mass is 32.2. The van der Waals surface area contributed by atoms with Crippen LogP contribution in [0.4, 0.5) is 0 Å². The standard InChI is InChI=1S/C8H14N6O2S/c1-3-16-7(15)6-4-14(13-11-6)5-17-8(9)12-10-2/h4,10H,3,5H2,1-2H3,(H2,9,12). The molecule has 1 aromatic rings. The minimum absolute atomic E-state index is 0.177. The molecule has 9 heteroatoms. The Morgan fingerprint density at radius 3 is 3.18 bits per heavy atom. The molecular formula is C8H14N6O2S. The Hall–Kier alpha value is -1.77. The molecule has 17 heavy (non-hydrogen) atoms. The lowest BCUT2D eigenvalue weighted by atomic mass is 10.5.